The Morgan fingerprint density at radius 3 is 2.82 bits per heavy atom. The van der Waals surface area contributed by atoms with Gasteiger partial charge in [-0.2, -0.15) is 0 Å². The maximum absolute atomic E-state index is 12.4. The van der Waals surface area contributed by atoms with Crippen molar-refractivity contribution in [1.82, 2.24) is 0 Å². The van der Waals surface area contributed by atoms with Gasteiger partial charge < -0.3 is 4.74 Å². The summed E-state index contributed by atoms with van der Waals surface area (Å²) in [4.78, 5) is 24.2. The second-order valence-corrected chi connectivity index (χ2v) is 9.39. The van der Waals surface area contributed by atoms with Gasteiger partial charge in [-0.25, -0.2) is 0 Å². The molecule has 0 aromatic heterocycles. The van der Waals surface area contributed by atoms with Crippen LogP contribution in [0.1, 0.15) is 84.5 Å². The van der Waals surface area contributed by atoms with E-state index in [4.69, 9.17) is 4.74 Å². The van der Waals surface area contributed by atoms with Crippen LogP contribution >= 0.6 is 0 Å². The Bertz CT molecular complexity index is 741. The number of ketones is 1. The van der Waals surface area contributed by atoms with Crippen molar-refractivity contribution >= 4 is 11.8 Å². The van der Waals surface area contributed by atoms with Crippen LogP contribution in [-0.2, 0) is 14.3 Å². The summed E-state index contributed by atoms with van der Waals surface area (Å²) in [6.07, 6.45) is 17.4. The first-order valence-corrected chi connectivity index (χ1v) is 11.4. The van der Waals surface area contributed by atoms with Crippen LogP contribution in [0.5, 0.6) is 0 Å². The van der Waals surface area contributed by atoms with E-state index in [1.165, 1.54) is 29.6 Å². The van der Waals surface area contributed by atoms with Crippen LogP contribution in [0.2, 0.25) is 0 Å². The molecular formula is C25H34O3. The van der Waals surface area contributed by atoms with Gasteiger partial charge in [-0.15, -0.1) is 0 Å². The molecule has 3 heteroatoms. The lowest BCUT2D eigenvalue weighted by atomic mass is 9.60. The molecule has 0 N–H and O–H groups in total. The highest BCUT2D eigenvalue weighted by molar-refractivity contribution is 5.93. The number of unbranched alkanes of at least 4 members (excludes halogenated alkanes) is 3. The van der Waals surface area contributed by atoms with Gasteiger partial charge in [0, 0.05) is 18.3 Å². The van der Waals surface area contributed by atoms with E-state index in [0.29, 0.717) is 24.7 Å². The molecule has 4 rings (SSSR count). The molecule has 0 aromatic rings. The predicted octanol–water partition coefficient (Wildman–Crippen LogP) is 5.85. The van der Waals surface area contributed by atoms with Crippen molar-refractivity contribution in [2.75, 3.05) is 0 Å². The highest BCUT2D eigenvalue weighted by atomic mass is 16.5. The van der Waals surface area contributed by atoms with Crippen LogP contribution in [0.25, 0.3) is 0 Å². The molecule has 3 unspecified atom stereocenters. The van der Waals surface area contributed by atoms with Gasteiger partial charge in [-0.05, 0) is 73.2 Å². The van der Waals surface area contributed by atoms with Crippen molar-refractivity contribution < 1.29 is 14.3 Å². The van der Waals surface area contributed by atoms with Crippen LogP contribution < -0.4 is 0 Å². The Labute approximate surface area is 169 Å². The third kappa shape index (κ3) is 3.53. The minimum Gasteiger partial charge on any atom is -0.461 e. The standard InChI is InChI=1S/C25H34O3/c1-3-4-5-6-7-24(27)28-23-13-12-22-21-10-8-17-16-18(26)9-11-19(17)20(21)14-15-25(22,23)2/h14-16,21-23H,3-13H2,1-2H3/t21?,22?,23?,25-/m0/s1. The molecule has 0 aliphatic heterocycles. The highest BCUT2D eigenvalue weighted by Gasteiger charge is 2.53. The number of rotatable bonds is 6. The molecule has 4 aliphatic rings. The maximum atomic E-state index is 12.4. The molecule has 4 aliphatic carbocycles. The topological polar surface area (TPSA) is 43.4 Å². The summed E-state index contributed by atoms with van der Waals surface area (Å²) in [7, 11) is 0. The zero-order valence-electron chi connectivity index (χ0n) is 17.5. The van der Waals surface area contributed by atoms with E-state index in [1.807, 2.05) is 6.08 Å². The fourth-order valence-electron chi connectivity index (χ4n) is 6.07. The molecule has 0 aromatic carbocycles. The second-order valence-electron chi connectivity index (χ2n) is 9.39. The molecule has 1 saturated carbocycles. The third-order valence-corrected chi connectivity index (χ3v) is 7.67. The summed E-state index contributed by atoms with van der Waals surface area (Å²) in [5.41, 5.74) is 4.15. The fourth-order valence-corrected chi connectivity index (χ4v) is 6.07. The normalized spacial score (nSPS) is 33.9. The minimum atomic E-state index is -0.0422. The van der Waals surface area contributed by atoms with Gasteiger partial charge in [0.1, 0.15) is 6.10 Å². The molecule has 0 saturated heterocycles. The maximum Gasteiger partial charge on any atom is 0.306 e. The Morgan fingerprint density at radius 1 is 1.14 bits per heavy atom. The first kappa shape index (κ1) is 19.7. The molecule has 4 atom stereocenters. The lowest BCUT2D eigenvalue weighted by Gasteiger charge is -2.45. The van der Waals surface area contributed by atoms with Crippen LogP contribution in [0, 0.1) is 17.3 Å². The van der Waals surface area contributed by atoms with Gasteiger partial charge in [0.15, 0.2) is 5.78 Å². The van der Waals surface area contributed by atoms with Crippen molar-refractivity contribution in [1.29, 1.82) is 0 Å². The number of carbonyl (C=O) groups is 2. The molecule has 0 spiro atoms. The average molecular weight is 383 g/mol. The van der Waals surface area contributed by atoms with Gasteiger partial charge in [0.05, 0.1) is 0 Å². The van der Waals surface area contributed by atoms with Crippen molar-refractivity contribution in [3.05, 3.63) is 34.9 Å². The first-order chi connectivity index (χ1) is 13.5. The summed E-state index contributed by atoms with van der Waals surface area (Å²) < 4.78 is 6.00. The van der Waals surface area contributed by atoms with Crippen molar-refractivity contribution in [3.8, 4) is 0 Å². The molecule has 0 heterocycles. The van der Waals surface area contributed by atoms with E-state index < -0.39 is 0 Å². The van der Waals surface area contributed by atoms with Crippen molar-refractivity contribution in [2.24, 2.45) is 17.3 Å². The lowest BCUT2D eigenvalue weighted by molar-refractivity contribution is -0.153. The monoisotopic (exact) mass is 382 g/mol. The largest absolute Gasteiger partial charge is 0.461 e. The number of hydrogen-bond acceptors (Lipinski definition) is 3. The summed E-state index contributed by atoms with van der Waals surface area (Å²) >= 11 is 0. The second kappa shape index (κ2) is 8.00. The van der Waals surface area contributed by atoms with E-state index >= 15 is 0 Å². The quantitative estimate of drug-likeness (QED) is 0.427. The van der Waals surface area contributed by atoms with Gasteiger partial charge in [0.25, 0.3) is 0 Å². The number of esters is 1. The molecule has 0 bridgehead atoms. The summed E-state index contributed by atoms with van der Waals surface area (Å²) in [5, 5.41) is 0. The van der Waals surface area contributed by atoms with Crippen LogP contribution in [0.15, 0.2) is 34.9 Å². The van der Waals surface area contributed by atoms with Crippen LogP contribution in [0.4, 0.5) is 0 Å². The van der Waals surface area contributed by atoms with Crippen molar-refractivity contribution in [2.45, 2.75) is 90.6 Å². The Hall–Kier alpha value is -1.64. The van der Waals surface area contributed by atoms with Crippen molar-refractivity contribution in [3.63, 3.8) is 0 Å². The number of fused-ring (bicyclic) bond motifs is 4. The zero-order valence-corrected chi connectivity index (χ0v) is 17.5. The summed E-state index contributed by atoms with van der Waals surface area (Å²) in [5.74, 6) is 1.38. The molecule has 0 amide bonds. The summed E-state index contributed by atoms with van der Waals surface area (Å²) in [6.45, 7) is 4.49. The SMILES string of the molecule is CCCCCCC(=O)OC1CCC2C3CCC4=CC(=O)CCC4=C3C=C[C@]12C. The molecule has 152 valence electrons. The molecule has 3 nitrogen and oxygen atoms in total. The minimum absolute atomic E-state index is 0.0137. The lowest BCUT2D eigenvalue weighted by Crippen LogP contribution is -2.40. The summed E-state index contributed by atoms with van der Waals surface area (Å²) in [6, 6.07) is 0. The van der Waals surface area contributed by atoms with E-state index in [9.17, 15) is 9.59 Å². The molecular weight excluding hydrogens is 348 g/mol. The molecule has 0 radical (unpaired) electrons. The van der Waals surface area contributed by atoms with Crippen LogP contribution in [-0.4, -0.2) is 17.9 Å². The van der Waals surface area contributed by atoms with E-state index in [2.05, 4.69) is 26.0 Å². The number of allylic oxidation sites excluding steroid dienone is 5. The van der Waals surface area contributed by atoms with Gasteiger partial charge in [-0.3, -0.25) is 9.59 Å². The number of carbonyl (C=O) groups excluding carboxylic acids is 2. The van der Waals surface area contributed by atoms with Gasteiger partial charge in [0.2, 0.25) is 0 Å². The molecule has 1 fully saturated rings. The Morgan fingerprint density at radius 2 is 2.00 bits per heavy atom. The first-order valence-electron chi connectivity index (χ1n) is 11.4. The zero-order chi connectivity index (χ0) is 19.7. The smallest absolute Gasteiger partial charge is 0.306 e. The van der Waals surface area contributed by atoms with E-state index in [1.54, 1.807) is 0 Å². The Balaban J connectivity index is 1.49. The predicted molar refractivity (Wildman–Crippen MR) is 111 cm³/mol. The Kier molecular flexibility index (Phi) is 5.62. The highest BCUT2D eigenvalue weighted by Crippen LogP contribution is 2.57. The number of hydrogen-bond donors (Lipinski definition) is 0. The van der Waals surface area contributed by atoms with Gasteiger partial charge in [-0.1, -0.05) is 45.3 Å². The van der Waals surface area contributed by atoms with E-state index in [-0.39, 0.29) is 23.3 Å². The fraction of sp³-hybridized carbons (Fsp3) is 0.680. The third-order valence-electron chi connectivity index (χ3n) is 7.67. The molecule has 28 heavy (non-hydrogen) atoms. The average Bonchev–Trinajstić information content (AvgIpc) is 3.01. The van der Waals surface area contributed by atoms with E-state index in [0.717, 1.165) is 44.9 Å². The van der Waals surface area contributed by atoms with Crippen LogP contribution in [0.3, 0.4) is 0 Å². The van der Waals surface area contributed by atoms with Gasteiger partial charge >= 0.3 is 5.97 Å². The number of ether oxygens (including phenoxy) is 1.